The molecule has 30 heavy (non-hydrogen) atoms. The lowest BCUT2D eigenvalue weighted by molar-refractivity contribution is -0.123. The number of ether oxygens (including phenoxy) is 2. The molecule has 5 nitrogen and oxygen atoms in total. The molecule has 1 N–H and O–H groups in total. The van der Waals surface area contributed by atoms with Crippen LogP contribution >= 0.6 is 11.6 Å². The lowest BCUT2D eigenvalue weighted by Crippen LogP contribution is -2.24. The van der Waals surface area contributed by atoms with E-state index in [2.05, 4.69) is 17.5 Å². The minimum Gasteiger partial charge on any atom is -0.489 e. The second-order valence-corrected chi connectivity index (χ2v) is 7.00. The monoisotopic (exact) mass is 422 g/mol. The Bertz CT molecular complexity index is 986. The van der Waals surface area contributed by atoms with Crippen LogP contribution < -0.4 is 14.9 Å². The van der Waals surface area contributed by atoms with E-state index in [-0.39, 0.29) is 12.5 Å². The Labute approximate surface area is 181 Å². The number of carbonyl (C=O) groups is 1. The van der Waals surface area contributed by atoms with Crippen LogP contribution in [-0.2, 0) is 17.8 Å². The van der Waals surface area contributed by atoms with Gasteiger partial charge in [0.25, 0.3) is 5.91 Å². The Morgan fingerprint density at radius 3 is 2.43 bits per heavy atom. The predicted molar refractivity (Wildman–Crippen MR) is 119 cm³/mol. The molecule has 154 valence electrons. The summed E-state index contributed by atoms with van der Waals surface area (Å²) in [5, 5.41) is 4.67. The van der Waals surface area contributed by atoms with E-state index >= 15 is 0 Å². The molecule has 0 aliphatic carbocycles. The molecule has 0 aromatic heterocycles. The van der Waals surface area contributed by atoms with Crippen LogP contribution in [0, 0.1) is 0 Å². The molecule has 0 bridgehead atoms. The number of amides is 1. The van der Waals surface area contributed by atoms with Crippen molar-refractivity contribution >= 4 is 23.7 Å². The number of benzene rings is 3. The number of carbonyl (C=O) groups excluding carboxylic acids is 1. The molecule has 0 atom stereocenters. The highest BCUT2D eigenvalue weighted by molar-refractivity contribution is 6.30. The molecule has 6 heteroatoms. The van der Waals surface area contributed by atoms with Crippen molar-refractivity contribution < 1.29 is 14.3 Å². The number of halogens is 1. The topological polar surface area (TPSA) is 59.9 Å². The van der Waals surface area contributed by atoms with Crippen molar-refractivity contribution in [1.29, 1.82) is 0 Å². The maximum atomic E-state index is 11.9. The summed E-state index contributed by atoms with van der Waals surface area (Å²) in [6.45, 7) is 2.42. The van der Waals surface area contributed by atoms with Crippen LogP contribution in [0.1, 0.15) is 23.6 Å². The van der Waals surface area contributed by atoms with Gasteiger partial charge in [-0.1, -0.05) is 54.9 Å². The van der Waals surface area contributed by atoms with Gasteiger partial charge in [0.2, 0.25) is 0 Å². The van der Waals surface area contributed by atoms with Crippen molar-refractivity contribution in [1.82, 2.24) is 5.43 Å². The van der Waals surface area contributed by atoms with Crippen molar-refractivity contribution in [2.24, 2.45) is 5.10 Å². The van der Waals surface area contributed by atoms with Crippen LogP contribution in [0.15, 0.2) is 77.9 Å². The number of nitrogens with zero attached hydrogens (tertiary/aromatic N) is 1. The molecule has 0 spiro atoms. The summed E-state index contributed by atoms with van der Waals surface area (Å²) in [5.41, 5.74) is 5.51. The van der Waals surface area contributed by atoms with Crippen molar-refractivity contribution in [3.8, 4) is 11.5 Å². The first kappa shape index (κ1) is 21.4. The van der Waals surface area contributed by atoms with E-state index in [1.165, 1.54) is 5.56 Å². The molecule has 0 heterocycles. The smallest absolute Gasteiger partial charge is 0.277 e. The zero-order valence-corrected chi connectivity index (χ0v) is 17.4. The summed E-state index contributed by atoms with van der Waals surface area (Å²) in [6.07, 6.45) is 2.52. The fraction of sp³-hybridized carbons (Fsp3) is 0.167. The molecule has 3 rings (SSSR count). The van der Waals surface area contributed by atoms with Gasteiger partial charge in [-0.2, -0.15) is 5.10 Å². The minimum absolute atomic E-state index is 0.104. The van der Waals surface area contributed by atoms with E-state index in [9.17, 15) is 4.79 Å². The molecule has 0 aliphatic heterocycles. The van der Waals surface area contributed by atoms with Gasteiger partial charge in [-0.15, -0.1) is 0 Å². The molecule has 1 amide bonds. The summed E-state index contributed by atoms with van der Waals surface area (Å²) in [6, 6.07) is 22.6. The largest absolute Gasteiger partial charge is 0.489 e. The maximum Gasteiger partial charge on any atom is 0.277 e. The molecule has 0 unspecified atom stereocenters. The molecular weight excluding hydrogens is 400 g/mol. The van der Waals surface area contributed by atoms with Gasteiger partial charge < -0.3 is 9.47 Å². The Morgan fingerprint density at radius 1 is 0.967 bits per heavy atom. The first-order valence-corrected chi connectivity index (χ1v) is 10.0. The van der Waals surface area contributed by atoms with Crippen LogP contribution in [0.4, 0.5) is 0 Å². The van der Waals surface area contributed by atoms with Crippen LogP contribution in [0.25, 0.3) is 0 Å². The number of aryl methyl sites for hydroxylation is 1. The summed E-state index contributed by atoms with van der Waals surface area (Å²) in [4.78, 5) is 11.9. The third-order valence-corrected chi connectivity index (χ3v) is 4.53. The van der Waals surface area contributed by atoms with E-state index in [4.69, 9.17) is 21.1 Å². The van der Waals surface area contributed by atoms with Crippen LogP contribution in [0.5, 0.6) is 11.5 Å². The van der Waals surface area contributed by atoms with Gasteiger partial charge in [0.05, 0.1) is 6.21 Å². The zero-order chi connectivity index (χ0) is 21.2. The van der Waals surface area contributed by atoms with Gasteiger partial charge in [0.1, 0.15) is 18.1 Å². The summed E-state index contributed by atoms with van der Waals surface area (Å²) in [5.74, 6) is 1.02. The minimum atomic E-state index is -0.332. The molecule has 0 radical (unpaired) electrons. The van der Waals surface area contributed by atoms with Crippen molar-refractivity contribution in [2.45, 2.75) is 20.0 Å². The molecule has 0 saturated carbocycles. The van der Waals surface area contributed by atoms with Crippen LogP contribution in [-0.4, -0.2) is 18.7 Å². The van der Waals surface area contributed by atoms with Crippen molar-refractivity contribution in [3.05, 3.63) is 94.5 Å². The van der Waals surface area contributed by atoms with E-state index in [1.54, 1.807) is 6.21 Å². The lowest BCUT2D eigenvalue weighted by atomic mass is 10.2. The van der Waals surface area contributed by atoms with Crippen molar-refractivity contribution in [3.63, 3.8) is 0 Å². The zero-order valence-electron chi connectivity index (χ0n) is 16.7. The van der Waals surface area contributed by atoms with Gasteiger partial charge >= 0.3 is 0 Å². The standard InChI is InChI=1S/C24H23ClN2O3/c1-2-18-8-12-22(13-9-18)30-17-24(28)27-26-15-20-4-3-5-23(14-20)29-16-19-6-10-21(25)11-7-19/h3-15H,2,16-17H2,1H3,(H,27,28)/b26-15-. The summed E-state index contributed by atoms with van der Waals surface area (Å²) in [7, 11) is 0. The molecule has 3 aromatic rings. The van der Waals surface area contributed by atoms with Crippen LogP contribution in [0.3, 0.4) is 0 Å². The maximum absolute atomic E-state index is 11.9. The highest BCUT2D eigenvalue weighted by Gasteiger charge is 2.02. The number of rotatable bonds is 9. The van der Waals surface area contributed by atoms with Gasteiger partial charge in [0, 0.05) is 5.02 Å². The van der Waals surface area contributed by atoms with Gasteiger partial charge in [-0.25, -0.2) is 5.43 Å². The average molecular weight is 423 g/mol. The Kier molecular flexibility index (Phi) is 7.86. The molecule has 0 fully saturated rings. The second kappa shape index (κ2) is 11.0. The summed E-state index contributed by atoms with van der Waals surface area (Å²) >= 11 is 5.89. The second-order valence-electron chi connectivity index (χ2n) is 6.57. The first-order chi connectivity index (χ1) is 14.6. The SMILES string of the molecule is CCc1ccc(OCC(=O)N/N=C\c2cccc(OCc3ccc(Cl)cc3)c2)cc1. The highest BCUT2D eigenvalue weighted by Crippen LogP contribution is 2.16. The Balaban J connectivity index is 1.45. The van der Waals surface area contributed by atoms with Crippen LogP contribution in [0.2, 0.25) is 5.02 Å². The third-order valence-electron chi connectivity index (χ3n) is 4.28. The summed E-state index contributed by atoms with van der Waals surface area (Å²) < 4.78 is 11.2. The quantitative estimate of drug-likeness (QED) is 0.389. The Morgan fingerprint density at radius 2 is 1.70 bits per heavy atom. The molecule has 3 aromatic carbocycles. The average Bonchev–Trinajstić information content (AvgIpc) is 2.78. The third kappa shape index (κ3) is 6.94. The fourth-order valence-corrected chi connectivity index (χ4v) is 2.74. The fourth-order valence-electron chi connectivity index (χ4n) is 2.61. The lowest BCUT2D eigenvalue weighted by Gasteiger charge is -2.07. The van der Waals surface area contributed by atoms with E-state index in [0.29, 0.717) is 23.1 Å². The van der Waals surface area contributed by atoms with E-state index in [1.807, 2.05) is 72.8 Å². The molecule has 0 saturated heterocycles. The van der Waals surface area contributed by atoms with E-state index in [0.717, 1.165) is 17.5 Å². The van der Waals surface area contributed by atoms with Gasteiger partial charge in [0.15, 0.2) is 6.61 Å². The van der Waals surface area contributed by atoms with Gasteiger partial charge in [-0.05, 0) is 59.5 Å². The number of hydrogen-bond donors (Lipinski definition) is 1. The number of hydrogen-bond acceptors (Lipinski definition) is 4. The molecule has 0 aliphatic rings. The number of nitrogens with one attached hydrogen (secondary N) is 1. The molecular formula is C24H23ClN2O3. The normalized spacial score (nSPS) is 10.7. The van der Waals surface area contributed by atoms with E-state index < -0.39 is 0 Å². The Hall–Kier alpha value is -3.31. The van der Waals surface area contributed by atoms with Crippen molar-refractivity contribution in [2.75, 3.05) is 6.61 Å². The number of hydrazone groups is 1. The predicted octanol–water partition coefficient (Wildman–Crippen LogP) is 5.01. The van der Waals surface area contributed by atoms with Gasteiger partial charge in [-0.3, -0.25) is 4.79 Å². The first-order valence-electron chi connectivity index (χ1n) is 9.63. The highest BCUT2D eigenvalue weighted by atomic mass is 35.5.